The van der Waals surface area contributed by atoms with Crippen molar-refractivity contribution < 1.29 is 0 Å². The number of aryl methyl sites for hydroxylation is 3. The maximum atomic E-state index is 2.41. The van der Waals surface area contributed by atoms with E-state index in [0.717, 1.165) is 0 Å². The van der Waals surface area contributed by atoms with Crippen LogP contribution in [0.2, 0.25) is 0 Å². The Balaban J connectivity index is 0.000000382. The van der Waals surface area contributed by atoms with Crippen LogP contribution in [0.15, 0.2) is 146 Å². The number of nitrogens with zero attached hydrogens (tertiary/aromatic N) is 1. The third-order valence-electron chi connectivity index (χ3n) is 9.05. The molecule has 45 heavy (non-hydrogen) atoms. The van der Waals surface area contributed by atoms with Crippen LogP contribution in [0, 0.1) is 20.8 Å². The van der Waals surface area contributed by atoms with E-state index >= 15 is 0 Å². The molecule has 9 aromatic rings. The Labute approximate surface area is 267 Å². The summed E-state index contributed by atoms with van der Waals surface area (Å²) in [6.45, 7) is 6.65. The Morgan fingerprint density at radius 2 is 1.11 bits per heavy atom. The first-order valence-corrected chi connectivity index (χ1v) is 16.4. The van der Waals surface area contributed by atoms with Gasteiger partial charge in [-0.05, 0) is 78.1 Å². The second-order valence-electron chi connectivity index (χ2n) is 11.9. The molecule has 0 unspecified atom stereocenters. The molecule has 0 radical (unpaired) electrons. The van der Waals surface area contributed by atoms with Crippen LogP contribution in [-0.2, 0) is 0 Å². The van der Waals surface area contributed by atoms with Crippen LogP contribution in [0.1, 0.15) is 16.7 Å². The molecule has 0 spiro atoms. The number of benzene rings is 7. The average molecular weight is 596 g/mol. The molecule has 0 saturated carbocycles. The highest BCUT2D eigenvalue weighted by atomic mass is 32.1. The van der Waals surface area contributed by atoms with E-state index in [-0.39, 0.29) is 0 Å². The lowest BCUT2D eigenvalue weighted by Gasteiger charge is -2.14. The molecule has 0 aliphatic rings. The van der Waals surface area contributed by atoms with Crippen LogP contribution >= 0.6 is 11.3 Å². The van der Waals surface area contributed by atoms with Gasteiger partial charge in [-0.2, -0.15) is 0 Å². The zero-order valence-electron chi connectivity index (χ0n) is 25.7. The van der Waals surface area contributed by atoms with Crippen molar-refractivity contribution in [2.45, 2.75) is 20.8 Å². The van der Waals surface area contributed by atoms with E-state index in [1.54, 1.807) is 0 Å². The summed E-state index contributed by atoms with van der Waals surface area (Å²) in [6.07, 6.45) is 0. The quantitative estimate of drug-likeness (QED) is 0.187. The van der Waals surface area contributed by atoms with Crippen molar-refractivity contribution in [2.24, 2.45) is 0 Å². The standard InChI is InChI=1S/C36H25NS.C7H8/c1-22-16-21-32-34(30-14-8-9-15-31(30)37(32)25-11-4-3-5-12-25)33(22)26-19-20-28-29-18-17-24-10-6-7-13-27(24)36(29)38-35(28)23(26)2;1-7-5-3-2-4-6-7/h3-21H,1-2H3;2-6H,1H3. The van der Waals surface area contributed by atoms with Crippen LogP contribution in [0.5, 0.6) is 0 Å². The highest BCUT2D eigenvalue weighted by Crippen LogP contribution is 2.46. The molecule has 0 amide bonds. The Hall–Kier alpha value is -5.18. The zero-order chi connectivity index (χ0) is 30.5. The van der Waals surface area contributed by atoms with Crippen molar-refractivity contribution in [3.05, 3.63) is 162 Å². The van der Waals surface area contributed by atoms with Gasteiger partial charge in [0, 0.05) is 36.6 Å². The fourth-order valence-corrected chi connectivity index (χ4v) is 8.21. The van der Waals surface area contributed by atoms with Crippen molar-refractivity contribution in [3.63, 3.8) is 0 Å². The largest absolute Gasteiger partial charge is 0.309 e. The maximum absolute atomic E-state index is 2.41. The van der Waals surface area contributed by atoms with Gasteiger partial charge in [-0.25, -0.2) is 0 Å². The third-order valence-corrected chi connectivity index (χ3v) is 10.4. The zero-order valence-corrected chi connectivity index (χ0v) is 26.5. The highest BCUT2D eigenvalue weighted by molar-refractivity contribution is 7.27. The second kappa shape index (κ2) is 11.1. The predicted octanol–water partition coefficient (Wildman–Crippen LogP) is 12.6. The number of fused-ring (bicyclic) bond motifs is 8. The molecule has 2 aromatic heterocycles. The van der Waals surface area contributed by atoms with Gasteiger partial charge in [0.05, 0.1) is 11.0 Å². The summed E-state index contributed by atoms with van der Waals surface area (Å²) in [6, 6.07) is 52.4. The molecule has 2 heterocycles. The average Bonchev–Trinajstić information content (AvgIpc) is 3.63. The van der Waals surface area contributed by atoms with Crippen molar-refractivity contribution in [2.75, 3.05) is 0 Å². The van der Waals surface area contributed by atoms with Gasteiger partial charge in [0.25, 0.3) is 0 Å². The van der Waals surface area contributed by atoms with E-state index in [4.69, 9.17) is 0 Å². The summed E-state index contributed by atoms with van der Waals surface area (Å²) in [5.74, 6) is 0. The first-order chi connectivity index (χ1) is 22.1. The lowest BCUT2D eigenvalue weighted by Crippen LogP contribution is -1.94. The van der Waals surface area contributed by atoms with Gasteiger partial charge in [0.15, 0.2) is 0 Å². The first kappa shape index (κ1) is 27.4. The minimum Gasteiger partial charge on any atom is -0.309 e. The minimum atomic E-state index is 1.19. The van der Waals surface area contributed by atoms with E-state index < -0.39 is 0 Å². The monoisotopic (exact) mass is 595 g/mol. The number of hydrogen-bond acceptors (Lipinski definition) is 1. The summed E-state index contributed by atoms with van der Waals surface area (Å²) >= 11 is 1.94. The Bertz CT molecular complexity index is 2500. The fourth-order valence-electron chi connectivity index (χ4n) is 6.87. The molecule has 7 aromatic carbocycles. The molecule has 2 heteroatoms. The molecule has 0 atom stereocenters. The molecule has 0 N–H and O–H groups in total. The minimum absolute atomic E-state index is 1.19. The smallest absolute Gasteiger partial charge is 0.0547 e. The Kier molecular flexibility index (Phi) is 6.73. The number of thiophene rings is 1. The molecule has 9 rings (SSSR count). The molecule has 1 nitrogen and oxygen atoms in total. The summed E-state index contributed by atoms with van der Waals surface area (Å²) < 4.78 is 5.18. The van der Waals surface area contributed by atoms with Crippen molar-refractivity contribution in [1.82, 2.24) is 4.57 Å². The summed E-state index contributed by atoms with van der Waals surface area (Å²) in [5, 5.41) is 7.99. The second-order valence-corrected chi connectivity index (χ2v) is 12.9. The molecule has 0 bridgehead atoms. The molecule has 0 saturated heterocycles. The van der Waals surface area contributed by atoms with Crippen LogP contribution in [0.3, 0.4) is 0 Å². The van der Waals surface area contributed by atoms with Gasteiger partial charge in [-0.1, -0.05) is 127 Å². The fraction of sp³-hybridized carbons (Fsp3) is 0.0698. The molecule has 0 aliphatic heterocycles. The summed E-state index contributed by atoms with van der Waals surface area (Å²) in [7, 11) is 0. The lowest BCUT2D eigenvalue weighted by atomic mass is 9.91. The van der Waals surface area contributed by atoms with Crippen LogP contribution in [0.4, 0.5) is 0 Å². The molecule has 0 fully saturated rings. The van der Waals surface area contributed by atoms with Gasteiger partial charge in [0.1, 0.15) is 0 Å². The predicted molar refractivity (Wildman–Crippen MR) is 197 cm³/mol. The number of aromatic nitrogens is 1. The van der Waals surface area contributed by atoms with Crippen molar-refractivity contribution in [3.8, 4) is 16.8 Å². The van der Waals surface area contributed by atoms with Gasteiger partial charge >= 0.3 is 0 Å². The number of rotatable bonds is 2. The van der Waals surface area contributed by atoms with Gasteiger partial charge in [-0.3, -0.25) is 0 Å². The topological polar surface area (TPSA) is 4.93 Å². The van der Waals surface area contributed by atoms with E-state index in [9.17, 15) is 0 Å². The van der Waals surface area contributed by atoms with Crippen LogP contribution in [-0.4, -0.2) is 4.57 Å². The normalized spacial score (nSPS) is 11.4. The third kappa shape index (κ3) is 4.53. The molecule has 0 aliphatic carbocycles. The van der Waals surface area contributed by atoms with Gasteiger partial charge < -0.3 is 4.57 Å². The van der Waals surface area contributed by atoms with Gasteiger partial charge in [0.2, 0.25) is 0 Å². The van der Waals surface area contributed by atoms with E-state index in [1.165, 1.54) is 86.3 Å². The summed E-state index contributed by atoms with van der Waals surface area (Å²) in [4.78, 5) is 0. The molecular weight excluding hydrogens is 563 g/mol. The maximum Gasteiger partial charge on any atom is 0.0547 e. The first-order valence-electron chi connectivity index (χ1n) is 15.5. The number of para-hydroxylation sites is 2. The van der Waals surface area contributed by atoms with E-state index in [1.807, 2.05) is 29.5 Å². The van der Waals surface area contributed by atoms with Crippen molar-refractivity contribution in [1.29, 1.82) is 0 Å². The summed E-state index contributed by atoms with van der Waals surface area (Å²) in [5.41, 5.74) is 10.3. The lowest BCUT2D eigenvalue weighted by molar-refractivity contribution is 1.18. The van der Waals surface area contributed by atoms with Crippen LogP contribution < -0.4 is 0 Å². The van der Waals surface area contributed by atoms with E-state index in [2.05, 4.69) is 153 Å². The number of hydrogen-bond donors (Lipinski definition) is 0. The van der Waals surface area contributed by atoms with Crippen molar-refractivity contribution >= 4 is 64.1 Å². The van der Waals surface area contributed by atoms with Crippen LogP contribution in [0.25, 0.3) is 69.6 Å². The Morgan fingerprint density at radius 1 is 0.467 bits per heavy atom. The Morgan fingerprint density at radius 3 is 1.87 bits per heavy atom. The van der Waals surface area contributed by atoms with Gasteiger partial charge in [-0.15, -0.1) is 11.3 Å². The molecular formula is C43H33NS. The highest BCUT2D eigenvalue weighted by Gasteiger charge is 2.20. The van der Waals surface area contributed by atoms with E-state index in [0.29, 0.717) is 0 Å². The SMILES string of the molecule is Cc1ccc2c(c1-c1ccc3c(sc4c5ccccc5ccc34)c1C)c1ccccc1n2-c1ccccc1.Cc1ccccc1. The molecule has 216 valence electrons.